The van der Waals surface area contributed by atoms with Gasteiger partial charge in [-0.05, 0) is 18.2 Å². The number of nitrogens with zero attached hydrogens (tertiary/aromatic N) is 1. The second kappa shape index (κ2) is 9.67. The van der Waals surface area contributed by atoms with Crippen molar-refractivity contribution in [2.45, 2.75) is 0 Å². The number of quaternary nitrogens is 1. The van der Waals surface area contributed by atoms with Crippen LogP contribution in [0.2, 0.25) is 5.02 Å². The molecule has 0 aromatic heterocycles. The molecule has 0 saturated carbocycles. The van der Waals surface area contributed by atoms with Gasteiger partial charge in [-0.2, -0.15) is 0 Å². The summed E-state index contributed by atoms with van der Waals surface area (Å²) < 4.78 is 5.10. The van der Waals surface area contributed by atoms with E-state index in [1.165, 1.54) is 19.2 Å². The van der Waals surface area contributed by atoms with E-state index in [1.807, 2.05) is 0 Å². The molecule has 0 aliphatic carbocycles. The van der Waals surface area contributed by atoms with Gasteiger partial charge in [0.2, 0.25) is 0 Å². The molecule has 0 spiro atoms. The topological polar surface area (TPSA) is 115 Å². The van der Waals surface area contributed by atoms with Gasteiger partial charge in [0.15, 0.2) is 13.1 Å². The van der Waals surface area contributed by atoms with Crippen molar-refractivity contribution in [1.29, 1.82) is 0 Å². The highest BCUT2D eigenvalue weighted by Crippen LogP contribution is 2.26. The number of halogens is 1. The summed E-state index contributed by atoms with van der Waals surface area (Å²) in [6.45, 7) is 0.0808. The van der Waals surface area contributed by atoms with Crippen LogP contribution in [0.25, 0.3) is 0 Å². The zero-order valence-corrected chi connectivity index (χ0v) is 16.1. The van der Waals surface area contributed by atoms with Gasteiger partial charge >= 0.3 is 0 Å². The van der Waals surface area contributed by atoms with E-state index in [-0.39, 0.29) is 41.3 Å². The molecule has 0 aliphatic rings. The van der Waals surface area contributed by atoms with Gasteiger partial charge in [-0.15, -0.1) is 0 Å². The van der Waals surface area contributed by atoms with Crippen LogP contribution in [0, 0.1) is 10.1 Å². The molecule has 0 fully saturated rings. The Kier molecular flexibility index (Phi) is 7.30. The van der Waals surface area contributed by atoms with Crippen molar-refractivity contribution in [1.82, 2.24) is 0 Å². The van der Waals surface area contributed by atoms with Crippen LogP contribution in [-0.2, 0) is 9.59 Å². The summed E-state index contributed by atoms with van der Waals surface area (Å²) in [6.07, 6.45) is 0. The molecule has 2 aromatic carbocycles. The van der Waals surface area contributed by atoms with E-state index >= 15 is 0 Å². The fourth-order valence-electron chi connectivity index (χ4n) is 2.43. The highest BCUT2D eigenvalue weighted by atomic mass is 35.5. The number of carbonyl (C=O) groups is 2. The minimum atomic E-state index is -0.573. The van der Waals surface area contributed by atoms with E-state index in [1.54, 1.807) is 31.3 Å². The number of nitrogens with one attached hydrogen (secondary N) is 3. The lowest BCUT2D eigenvalue weighted by Crippen LogP contribution is -3.11. The van der Waals surface area contributed by atoms with Gasteiger partial charge < -0.3 is 20.3 Å². The van der Waals surface area contributed by atoms with Gasteiger partial charge in [-0.1, -0.05) is 17.7 Å². The Morgan fingerprint density at radius 1 is 1.14 bits per heavy atom. The summed E-state index contributed by atoms with van der Waals surface area (Å²) in [5.41, 5.74) is 0.699. The fraction of sp³-hybridized carbons (Fsp3) is 0.222. The summed E-state index contributed by atoms with van der Waals surface area (Å²) in [7, 11) is 3.23. The molecule has 2 amide bonds. The van der Waals surface area contributed by atoms with Crippen LogP contribution in [0.3, 0.4) is 0 Å². The first-order valence-corrected chi connectivity index (χ1v) is 8.65. The van der Waals surface area contributed by atoms with E-state index < -0.39 is 4.92 Å². The maximum absolute atomic E-state index is 12.1. The van der Waals surface area contributed by atoms with Gasteiger partial charge in [-0.3, -0.25) is 19.7 Å². The number of nitro groups is 1. The molecule has 0 heterocycles. The molecule has 0 radical (unpaired) electrons. The van der Waals surface area contributed by atoms with E-state index in [4.69, 9.17) is 16.3 Å². The number of rotatable bonds is 8. The van der Waals surface area contributed by atoms with Crippen LogP contribution in [0.15, 0.2) is 42.5 Å². The number of hydrogen-bond donors (Lipinski definition) is 3. The number of nitro benzene ring substituents is 1. The fourth-order valence-corrected chi connectivity index (χ4v) is 2.65. The molecule has 0 bridgehead atoms. The third-order valence-electron chi connectivity index (χ3n) is 3.72. The predicted octanol–water partition coefficient (Wildman–Crippen LogP) is 1.35. The van der Waals surface area contributed by atoms with E-state index in [0.29, 0.717) is 16.3 Å². The molecule has 148 valence electrons. The highest BCUT2D eigenvalue weighted by molar-refractivity contribution is 6.34. The predicted molar refractivity (Wildman–Crippen MR) is 105 cm³/mol. The number of non-ortho nitro benzene ring substituents is 1. The first kappa shape index (κ1) is 21.1. The number of hydrogen-bond acceptors (Lipinski definition) is 5. The summed E-state index contributed by atoms with van der Waals surface area (Å²) in [4.78, 5) is 35.1. The van der Waals surface area contributed by atoms with Crippen molar-refractivity contribution in [3.05, 3.63) is 57.6 Å². The lowest BCUT2D eigenvalue weighted by Gasteiger charge is -2.14. The zero-order chi connectivity index (χ0) is 20.7. The van der Waals surface area contributed by atoms with Crippen molar-refractivity contribution in [3.8, 4) is 5.75 Å². The smallest absolute Gasteiger partial charge is 0.279 e. The van der Waals surface area contributed by atoms with Crippen LogP contribution in [0.4, 0.5) is 17.1 Å². The summed E-state index contributed by atoms with van der Waals surface area (Å²) >= 11 is 5.95. The molecule has 1 unspecified atom stereocenters. The maximum Gasteiger partial charge on any atom is 0.279 e. The quantitative estimate of drug-likeness (QED) is 0.451. The van der Waals surface area contributed by atoms with Crippen molar-refractivity contribution < 1.29 is 24.1 Å². The molecule has 2 rings (SSSR count). The van der Waals surface area contributed by atoms with Crippen LogP contribution < -0.4 is 20.3 Å². The third-order valence-corrected chi connectivity index (χ3v) is 4.03. The minimum Gasteiger partial charge on any atom is -0.497 e. The van der Waals surface area contributed by atoms with E-state index in [0.717, 1.165) is 6.07 Å². The van der Waals surface area contributed by atoms with Gasteiger partial charge in [-0.25, -0.2) is 0 Å². The lowest BCUT2D eigenvalue weighted by molar-refractivity contribution is -0.862. The molecule has 28 heavy (non-hydrogen) atoms. The normalized spacial score (nSPS) is 11.4. The van der Waals surface area contributed by atoms with Gasteiger partial charge in [0, 0.05) is 23.9 Å². The zero-order valence-electron chi connectivity index (χ0n) is 15.3. The molecular formula is C18H20ClN4O5+. The number of methoxy groups -OCH3 is 1. The van der Waals surface area contributed by atoms with Crippen molar-refractivity contribution >= 4 is 40.5 Å². The minimum absolute atomic E-state index is 0.0127. The molecule has 0 saturated heterocycles. The van der Waals surface area contributed by atoms with E-state index in [9.17, 15) is 19.7 Å². The number of anilines is 2. The standard InChI is InChI=1S/C18H19ClN4O5/c1-22(10-17(24)20-12-4-3-5-14(8-12)28-2)11-18(25)21-16-7-6-13(23(26)27)9-15(16)19/h3-9H,10-11H2,1-2H3,(H,20,24)(H,21,25)/p+1. The molecule has 2 aromatic rings. The summed E-state index contributed by atoms with van der Waals surface area (Å²) in [5.74, 6) is -0.00721. The van der Waals surface area contributed by atoms with Crippen molar-refractivity contribution in [3.63, 3.8) is 0 Å². The second-order valence-corrected chi connectivity index (χ2v) is 6.47. The summed E-state index contributed by atoms with van der Waals surface area (Å²) in [6, 6.07) is 10.7. The Bertz CT molecular complexity index is 890. The maximum atomic E-state index is 12.1. The third kappa shape index (κ3) is 6.22. The average molecular weight is 408 g/mol. The number of benzene rings is 2. The largest absolute Gasteiger partial charge is 0.497 e. The Balaban J connectivity index is 1.86. The number of carbonyl (C=O) groups excluding carboxylic acids is 2. The lowest BCUT2D eigenvalue weighted by atomic mass is 10.2. The van der Waals surface area contributed by atoms with Gasteiger partial charge in [0.05, 0.1) is 29.8 Å². The Morgan fingerprint density at radius 2 is 1.82 bits per heavy atom. The first-order chi connectivity index (χ1) is 13.3. The van der Waals surface area contributed by atoms with E-state index in [2.05, 4.69) is 10.6 Å². The highest BCUT2D eigenvalue weighted by Gasteiger charge is 2.17. The van der Waals surface area contributed by atoms with Crippen molar-refractivity contribution in [2.75, 3.05) is 37.9 Å². The Morgan fingerprint density at radius 3 is 2.43 bits per heavy atom. The van der Waals surface area contributed by atoms with Crippen LogP contribution >= 0.6 is 11.6 Å². The molecule has 3 N–H and O–H groups in total. The molecule has 9 nitrogen and oxygen atoms in total. The molecule has 1 atom stereocenters. The van der Waals surface area contributed by atoms with Crippen LogP contribution in [0.1, 0.15) is 0 Å². The number of amides is 2. The molecule has 0 aliphatic heterocycles. The number of ether oxygens (including phenoxy) is 1. The Hall–Kier alpha value is -3.17. The van der Waals surface area contributed by atoms with Crippen molar-refractivity contribution in [2.24, 2.45) is 0 Å². The first-order valence-electron chi connectivity index (χ1n) is 8.27. The summed E-state index contributed by atoms with van der Waals surface area (Å²) in [5, 5.41) is 16.1. The molecular weight excluding hydrogens is 388 g/mol. The van der Waals surface area contributed by atoms with Crippen LogP contribution in [0.5, 0.6) is 5.75 Å². The monoisotopic (exact) mass is 407 g/mol. The average Bonchev–Trinajstić information content (AvgIpc) is 2.62. The second-order valence-electron chi connectivity index (χ2n) is 6.06. The van der Waals surface area contributed by atoms with Crippen LogP contribution in [-0.4, -0.2) is 44.0 Å². The van der Waals surface area contributed by atoms with Gasteiger partial charge in [0.1, 0.15) is 5.75 Å². The SMILES string of the molecule is COc1cccc(NC(=O)C[NH+](C)CC(=O)Nc2ccc([N+](=O)[O-])cc2Cl)c1. The number of likely N-dealkylation sites (N-methyl/N-ethyl adjacent to an activating group) is 1. The Labute approximate surface area is 166 Å². The van der Waals surface area contributed by atoms with Gasteiger partial charge in [0.25, 0.3) is 17.5 Å². The molecule has 10 heteroatoms.